The molecule has 1 unspecified atom stereocenters. The smallest absolute Gasteiger partial charge is 0.140 e. The molecule has 0 radical (unpaired) electrons. The molecule has 1 heteroatoms. The zero-order valence-corrected chi connectivity index (χ0v) is 9.48. The standard InChI is InChI=1S/C14H20O/c15-11-10-14(13(11)6-1-2-7-13)9-8-12(14)4-3-5-12/h1-10H2. The highest BCUT2D eigenvalue weighted by Crippen LogP contribution is 2.81. The summed E-state index contributed by atoms with van der Waals surface area (Å²) in [5, 5.41) is 0. The Kier molecular flexibility index (Phi) is 1.37. The third-order valence-corrected chi connectivity index (χ3v) is 6.73. The first kappa shape index (κ1) is 8.78. The van der Waals surface area contributed by atoms with Crippen LogP contribution in [0.25, 0.3) is 0 Å². The van der Waals surface area contributed by atoms with Crippen LogP contribution in [-0.4, -0.2) is 5.78 Å². The van der Waals surface area contributed by atoms with E-state index in [1.54, 1.807) is 0 Å². The summed E-state index contributed by atoms with van der Waals surface area (Å²) in [6, 6.07) is 0. The lowest BCUT2D eigenvalue weighted by molar-refractivity contribution is -0.250. The van der Waals surface area contributed by atoms with Gasteiger partial charge in [-0.1, -0.05) is 19.3 Å². The Bertz CT molecular complexity index is 328. The summed E-state index contributed by atoms with van der Waals surface area (Å²) in [6.07, 6.45) is 13.3. The van der Waals surface area contributed by atoms with Crippen molar-refractivity contribution in [1.29, 1.82) is 0 Å². The van der Waals surface area contributed by atoms with Gasteiger partial charge in [0, 0.05) is 11.8 Å². The van der Waals surface area contributed by atoms with Crippen LogP contribution in [0.5, 0.6) is 0 Å². The van der Waals surface area contributed by atoms with Crippen LogP contribution in [0.3, 0.4) is 0 Å². The van der Waals surface area contributed by atoms with Crippen molar-refractivity contribution in [2.75, 3.05) is 0 Å². The van der Waals surface area contributed by atoms with Crippen molar-refractivity contribution >= 4 is 5.78 Å². The van der Waals surface area contributed by atoms with Crippen LogP contribution in [0.15, 0.2) is 0 Å². The predicted molar refractivity (Wildman–Crippen MR) is 58.5 cm³/mol. The maximum absolute atomic E-state index is 12.1. The number of hydrogen-bond donors (Lipinski definition) is 0. The normalized spacial score (nSPS) is 44.1. The number of carbonyl (C=O) groups excluding carboxylic acids is 1. The summed E-state index contributed by atoms with van der Waals surface area (Å²) in [6.45, 7) is 0. The summed E-state index contributed by atoms with van der Waals surface area (Å²) < 4.78 is 0. The predicted octanol–water partition coefficient (Wildman–Crippen LogP) is 3.47. The molecule has 15 heavy (non-hydrogen) atoms. The van der Waals surface area contributed by atoms with Gasteiger partial charge in [-0.15, -0.1) is 0 Å². The lowest BCUT2D eigenvalue weighted by Crippen LogP contribution is -2.72. The molecule has 82 valence electrons. The quantitative estimate of drug-likeness (QED) is 0.590. The first-order chi connectivity index (χ1) is 7.25. The number of hydrogen-bond acceptors (Lipinski definition) is 1. The summed E-state index contributed by atoms with van der Waals surface area (Å²) in [7, 11) is 0. The average Bonchev–Trinajstić information content (AvgIpc) is 2.60. The van der Waals surface area contributed by atoms with E-state index in [1.165, 1.54) is 57.8 Å². The Morgan fingerprint density at radius 3 is 1.93 bits per heavy atom. The second-order valence-electron chi connectivity index (χ2n) is 6.61. The second-order valence-corrected chi connectivity index (χ2v) is 6.61. The second kappa shape index (κ2) is 2.33. The van der Waals surface area contributed by atoms with Gasteiger partial charge in [0.2, 0.25) is 0 Å². The minimum atomic E-state index is 0.214. The molecule has 4 aliphatic rings. The molecule has 0 aromatic heterocycles. The molecular formula is C14H20O. The van der Waals surface area contributed by atoms with E-state index in [4.69, 9.17) is 0 Å². The molecule has 3 spiro atoms. The molecule has 0 amide bonds. The van der Waals surface area contributed by atoms with Gasteiger partial charge >= 0.3 is 0 Å². The van der Waals surface area contributed by atoms with Gasteiger partial charge in [-0.25, -0.2) is 0 Å². The molecule has 0 N–H and O–H groups in total. The van der Waals surface area contributed by atoms with Crippen molar-refractivity contribution in [3.05, 3.63) is 0 Å². The van der Waals surface area contributed by atoms with E-state index in [-0.39, 0.29) is 5.41 Å². The maximum Gasteiger partial charge on any atom is 0.140 e. The van der Waals surface area contributed by atoms with E-state index < -0.39 is 0 Å². The summed E-state index contributed by atoms with van der Waals surface area (Å²) in [5.74, 6) is 0.644. The molecule has 0 saturated heterocycles. The number of rotatable bonds is 0. The summed E-state index contributed by atoms with van der Waals surface area (Å²) >= 11 is 0. The fourth-order valence-corrected chi connectivity index (χ4v) is 5.64. The van der Waals surface area contributed by atoms with E-state index in [0.29, 0.717) is 16.6 Å². The van der Waals surface area contributed by atoms with E-state index in [0.717, 1.165) is 6.42 Å². The molecule has 1 atom stereocenters. The van der Waals surface area contributed by atoms with Gasteiger partial charge in [0.25, 0.3) is 0 Å². The number of carbonyl (C=O) groups is 1. The number of ketones is 1. The fourth-order valence-electron chi connectivity index (χ4n) is 5.64. The van der Waals surface area contributed by atoms with E-state index in [2.05, 4.69) is 0 Å². The molecule has 4 rings (SSSR count). The van der Waals surface area contributed by atoms with Crippen molar-refractivity contribution in [1.82, 2.24) is 0 Å². The topological polar surface area (TPSA) is 17.1 Å². The first-order valence-electron chi connectivity index (χ1n) is 6.78. The van der Waals surface area contributed by atoms with E-state index in [1.807, 2.05) is 0 Å². The Morgan fingerprint density at radius 1 is 0.800 bits per heavy atom. The van der Waals surface area contributed by atoms with Crippen LogP contribution in [0, 0.1) is 16.2 Å². The number of Topliss-reactive ketones (excluding diaryl/α,β-unsaturated/α-hetero) is 1. The zero-order chi connectivity index (χ0) is 10.1. The monoisotopic (exact) mass is 204 g/mol. The van der Waals surface area contributed by atoms with E-state index in [9.17, 15) is 4.79 Å². The van der Waals surface area contributed by atoms with Crippen LogP contribution in [0.2, 0.25) is 0 Å². The van der Waals surface area contributed by atoms with Gasteiger partial charge in [-0.05, 0) is 49.4 Å². The summed E-state index contributed by atoms with van der Waals surface area (Å²) in [5.41, 5.74) is 1.42. The maximum atomic E-state index is 12.1. The largest absolute Gasteiger partial charge is 0.299 e. The molecular weight excluding hydrogens is 184 g/mol. The minimum Gasteiger partial charge on any atom is -0.299 e. The third-order valence-electron chi connectivity index (χ3n) is 6.73. The van der Waals surface area contributed by atoms with Gasteiger partial charge in [-0.2, -0.15) is 0 Å². The molecule has 0 bridgehead atoms. The first-order valence-corrected chi connectivity index (χ1v) is 6.78. The molecule has 4 fully saturated rings. The Hall–Kier alpha value is -0.330. The van der Waals surface area contributed by atoms with Crippen LogP contribution in [0.4, 0.5) is 0 Å². The van der Waals surface area contributed by atoms with Crippen molar-refractivity contribution in [3.8, 4) is 0 Å². The molecule has 0 aliphatic heterocycles. The van der Waals surface area contributed by atoms with Crippen LogP contribution in [-0.2, 0) is 4.79 Å². The Morgan fingerprint density at radius 2 is 1.53 bits per heavy atom. The lowest BCUT2D eigenvalue weighted by Gasteiger charge is -2.75. The van der Waals surface area contributed by atoms with Crippen LogP contribution >= 0.6 is 0 Å². The fraction of sp³-hybridized carbons (Fsp3) is 0.929. The van der Waals surface area contributed by atoms with Crippen LogP contribution < -0.4 is 0 Å². The van der Waals surface area contributed by atoms with Gasteiger partial charge in [0.15, 0.2) is 0 Å². The van der Waals surface area contributed by atoms with Gasteiger partial charge in [0.1, 0.15) is 5.78 Å². The molecule has 0 aromatic carbocycles. The molecule has 0 heterocycles. The molecule has 4 saturated carbocycles. The third kappa shape index (κ3) is 0.671. The van der Waals surface area contributed by atoms with Crippen molar-refractivity contribution in [3.63, 3.8) is 0 Å². The van der Waals surface area contributed by atoms with Gasteiger partial charge < -0.3 is 0 Å². The number of fused-ring (bicyclic) bond motifs is 2. The average molecular weight is 204 g/mol. The molecule has 4 aliphatic carbocycles. The highest BCUT2D eigenvalue weighted by molar-refractivity contribution is 5.94. The SMILES string of the molecule is O=C1CC2(CCC23CCC3)C12CCCC2. The van der Waals surface area contributed by atoms with E-state index >= 15 is 0 Å². The molecule has 0 aromatic rings. The van der Waals surface area contributed by atoms with Crippen molar-refractivity contribution in [2.24, 2.45) is 16.2 Å². The van der Waals surface area contributed by atoms with Gasteiger partial charge in [-0.3, -0.25) is 4.79 Å². The van der Waals surface area contributed by atoms with Crippen molar-refractivity contribution < 1.29 is 4.79 Å². The molecule has 1 nitrogen and oxygen atoms in total. The highest BCUT2D eigenvalue weighted by atomic mass is 16.1. The lowest BCUT2D eigenvalue weighted by atomic mass is 9.27. The highest BCUT2D eigenvalue weighted by Gasteiger charge is 2.77. The minimum absolute atomic E-state index is 0.214. The Labute approximate surface area is 91.6 Å². The van der Waals surface area contributed by atoms with Gasteiger partial charge in [0.05, 0.1) is 0 Å². The van der Waals surface area contributed by atoms with Crippen LogP contribution in [0.1, 0.15) is 64.2 Å². The Balaban J connectivity index is 1.75. The summed E-state index contributed by atoms with van der Waals surface area (Å²) in [4.78, 5) is 12.1. The van der Waals surface area contributed by atoms with Crippen molar-refractivity contribution in [2.45, 2.75) is 64.2 Å². The zero-order valence-electron chi connectivity index (χ0n) is 9.48.